The van der Waals surface area contributed by atoms with Gasteiger partial charge in [-0.3, -0.25) is 9.78 Å². The molecule has 1 saturated heterocycles. The van der Waals surface area contributed by atoms with Crippen LogP contribution in [0.25, 0.3) is 0 Å². The van der Waals surface area contributed by atoms with Gasteiger partial charge < -0.3 is 10.1 Å². The maximum atomic E-state index is 13.1. The van der Waals surface area contributed by atoms with Crippen molar-refractivity contribution in [2.75, 3.05) is 25.5 Å². The normalized spacial score (nSPS) is 22.1. The van der Waals surface area contributed by atoms with Crippen molar-refractivity contribution < 1.29 is 17.9 Å². The number of piperidine rings is 1. The Bertz CT molecular complexity index is 988. The van der Waals surface area contributed by atoms with E-state index >= 15 is 0 Å². The Kier molecular flexibility index (Phi) is 5.56. The number of carbonyl (C=O) groups is 1. The van der Waals surface area contributed by atoms with Crippen molar-refractivity contribution in [1.29, 1.82) is 0 Å². The summed E-state index contributed by atoms with van der Waals surface area (Å²) in [5.41, 5.74) is 1.51. The van der Waals surface area contributed by atoms with E-state index in [-0.39, 0.29) is 28.4 Å². The number of amides is 1. The molecule has 0 bridgehead atoms. The zero-order chi connectivity index (χ0) is 20.4. The summed E-state index contributed by atoms with van der Waals surface area (Å²) in [5.74, 6) is 0.223. The number of hydrogen-bond donors (Lipinski definition) is 1. The number of carbonyl (C=O) groups excluding carboxylic acids is 1. The van der Waals surface area contributed by atoms with Gasteiger partial charge in [0.05, 0.1) is 7.11 Å². The van der Waals surface area contributed by atoms with E-state index in [9.17, 15) is 13.2 Å². The summed E-state index contributed by atoms with van der Waals surface area (Å²) in [5, 5.41) is 2.87. The van der Waals surface area contributed by atoms with Crippen molar-refractivity contribution in [3.05, 3.63) is 48.3 Å². The lowest BCUT2D eigenvalue weighted by molar-refractivity contribution is -0.117. The Morgan fingerprint density at radius 1 is 1.21 bits per heavy atom. The number of pyridine rings is 1. The third kappa shape index (κ3) is 4.13. The van der Waals surface area contributed by atoms with Gasteiger partial charge in [0.1, 0.15) is 10.6 Å². The number of hydrogen-bond acceptors (Lipinski definition) is 5. The van der Waals surface area contributed by atoms with Crippen LogP contribution in [0.1, 0.15) is 37.2 Å². The highest BCUT2D eigenvalue weighted by atomic mass is 32.2. The lowest BCUT2D eigenvalue weighted by Gasteiger charge is -2.26. The molecule has 29 heavy (non-hydrogen) atoms. The average molecular weight is 416 g/mol. The smallest absolute Gasteiger partial charge is 0.246 e. The quantitative estimate of drug-likeness (QED) is 0.783. The van der Waals surface area contributed by atoms with E-state index in [4.69, 9.17) is 4.74 Å². The minimum Gasteiger partial charge on any atom is -0.495 e. The average Bonchev–Trinajstić information content (AvgIpc) is 3.56. The first-order chi connectivity index (χ1) is 14.0. The van der Waals surface area contributed by atoms with Gasteiger partial charge in [-0.05, 0) is 55.0 Å². The van der Waals surface area contributed by atoms with Crippen LogP contribution in [0.5, 0.6) is 5.75 Å². The first kappa shape index (κ1) is 19.8. The number of ether oxygens (including phenoxy) is 1. The monoisotopic (exact) mass is 415 g/mol. The first-order valence-electron chi connectivity index (χ1n) is 9.89. The minimum absolute atomic E-state index is 0.0966. The molecule has 2 unspecified atom stereocenters. The highest BCUT2D eigenvalue weighted by Gasteiger charge is 2.44. The van der Waals surface area contributed by atoms with E-state index in [1.807, 2.05) is 12.1 Å². The Morgan fingerprint density at radius 3 is 2.69 bits per heavy atom. The van der Waals surface area contributed by atoms with Gasteiger partial charge in [-0.15, -0.1) is 0 Å². The molecule has 2 aliphatic rings. The molecule has 7 nitrogen and oxygen atoms in total. The number of benzene rings is 1. The summed E-state index contributed by atoms with van der Waals surface area (Å²) in [6, 6.07) is 8.61. The summed E-state index contributed by atoms with van der Waals surface area (Å²) in [6.45, 7) is 1.02. The molecule has 4 rings (SSSR count). The van der Waals surface area contributed by atoms with Crippen molar-refractivity contribution >= 4 is 21.6 Å². The predicted octanol–water partition coefficient (Wildman–Crippen LogP) is 3.01. The molecule has 2 atom stereocenters. The summed E-state index contributed by atoms with van der Waals surface area (Å²) in [6.07, 6.45) is 7.02. The molecule has 8 heteroatoms. The van der Waals surface area contributed by atoms with Crippen molar-refractivity contribution in [3.8, 4) is 5.75 Å². The van der Waals surface area contributed by atoms with Crippen LogP contribution in [-0.2, 0) is 14.8 Å². The number of rotatable bonds is 6. The molecule has 1 saturated carbocycles. The third-order valence-electron chi connectivity index (χ3n) is 5.60. The molecule has 1 N–H and O–H groups in total. The van der Waals surface area contributed by atoms with Gasteiger partial charge in [0.15, 0.2) is 0 Å². The molecular formula is C21H25N3O4S. The molecule has 0 radical (unpaired) electrons. The van der Waals surface area contributed by atoms with Gasteiger partial charge >= 0.3 is 0 Å². The van der Waals surface area contributed by atoms with Crippen LogP contribution in [-0.4, -0.2) is 43.8 Å². The molecular weight excluding hydrogens is 390 g/mol. The van der Waals surface area contributed by atoms with Crippen molar-refractivity contribution in [2.24, 2.45) is 5.92 Å². The lowest BCUT2D eigenvalue weighted by Crippen LogP contribution is -2.35. The number of aromatic nitrogens is 1. The van der Waals surface area contributed by atoms with Crippen LogP contribution < -0.4 is 10.1 Å². The highest BCUT2D eigenvalue weighted by molar-refractivity contribution is 7.89. The predicted molar refractivity (Wildman–Crippen MR) is 109 cm³/mol. The zero-order valence-electron chi connectivity index (χ0n) is 16.4. The second-order valence-corrected chi connectivity index (χ2v) is 9.46. The van der Waals surface area contributed by atoms with Crippen molar-refractivity contribution in [3.63, 3.8) is 0 Å². The van der Waals surface area contributed by atoms with Crippen LogP contribution in [0.15, 0.2) is 47.6 Å². The lowest BCUT2D eigenvalue weighted by atomic mass is 10.1. The second kappa shape index (κ2) is 8.12. The molecule has 0 spiro atoms. The van der Waals surface area contributed by atoms with Crippen LogP contribution >= 0.6 is 0 Å². The van der Waals surface area contributed by atoms with Gasteiger partial charge in [0.2, 0.25) is 15.9 Å². The topological polar surface area (TPSA) is 88.6 Å². The summed E-state index contributed by atoms with van der Waals surface area (Å²) >= 11 is 0. The SMILES string of the molecule is COc1ccc(NC(=O)C2CC2c2cccnc2)cc1S(=O)(=O)N1CCCCC1. The largest absolute Gasteiger partial charge is 0.495 e. The molecule has 2 aromatic rings. The van der Waals surface area contributed by atoms with Crippen LogP contribution in [0.4, 0.5) is 5.69 Å². The molecule has 2 heterocycles. The molecule has 1 aromatic heterocycles. The van der Waals surface area contributed by atoms with Gasteiger partial charge in [-0.1, -0.05) is 12.5 Å². The fraction of sp³-hybridized carbons (Fsp3) is 0.429. The number of nitrogens with one attached hydrogen (secondary N) is 1. The number of anilines is 1. The Hall–Kier alpha value is -2.45. The van der Waals surface area contributed by atoms with E-state index in [1.165, 1.54) is 17.5 Å². The number of sulfonamides is 1. The van der Waals surface area contributed by atoms with E-state index in [2.05, 4.69) is 10.3 Å². The van der Waals surface area contributed by atoms with Crippen molar-refractivity contribution in [1.82, 2.24) is 9.29 Å². The molecule has 2 fully saturated rings. The Morgan fingerprint density at radius 2 is 2.00 bits per heavy atom. The first-order valence-corrected chi connectivity index (χ1v) is 11.3. The van der Waals surface area contributed by atoms with Crippen LogP contribution in [0.2, 0.25) is 0 Å². The maximum Gasteiger partial charge on any atom is 0.246 e. The van der Waals surface area contributed by atoms with E-state index in [0.29, 0.717) is 18.8 Å². The third-order valence-corrected chi connectivity index (χ3v) is 7.52. The molecule has 1 aliphatic carbocycles. The molecule has 1 aromatic carbocycles. The summed E-state index contributed by atoms with van der Waals surface area (Å²) < 4.78 is 33.0. The zero-order valence-corrected chi connectivity index (χ0v) is 17.2. The number of nitrogens with zero attached hydrogens (tertiary/aromatic N) is 2. The van der Waals surface area contributed by atoms with Crippen LogP contribution in [0, 0.1) is 5.92 Å². The molecule has 154 valence electrons. The summed E-state index contributed by atoms with van der Waals surface area (Å²) in [4.78, 5) is 16.9. The standard InChI is InChI=1S/C21H25N3O4S/c1-28-19-8-7-16(12-20(19)29(26,27)24-10-3-2-4-11-24)23-21(25)18-13-17(18)15-6-5-9-22-14-15/h5-9,12,14,17-18H,2-4,10-11,13H2,1H3,(H,23,25). The van der Waals surface area contributed by atoms with Crippen molar-refractivity contribution in [2.45, 2.75) is 36.5 Å². The number of methoxy groups -OCH3 is 1. The minimum atomic E-state index is -3.67. The Balaban J connectivity index is 1.52. The summed E-state index contributed by atoms with van der Waals surface area (Å²) in [7, 11) is -2.22. The van der Waals surface area contributed by atoms with Gasteiger partial charge in [0, 0.05) is 37.1 Å². The Labute approximate surface area is 171 Å². The van der Waals surface area contributed by atoms with Gasteiger partial charge in [-0.2, -0.15) is 4.31 Å². The molecule has 1 amide bonds. The highest BCUT2D eigenvalue weighted by Crippen LogP contribution is 2.47. The van der Waals surface area contributed by atoms with E-state index in [1.54, 1.807) is 24.5 Å². The van der Waals surface area contributed by atoms with Gasteiger partial charge in [0.25, 0.3) is 0 Å². The fourth-order valence-electron chi connectivity index (χ4n) is 3.88. The molecule has 1 aliphatic heterocycles. The maximum absolute atomic E-state index is 13.1. The van der Waals surface area contributed by atoms with E-state index < -0.39 is 10.0 Å². The van der Waals surface area contributed by atoms with Crippen LogP contribution in [0.3, 0.4) is 0 Å². The fourth-order valence-corrected chi connectivity index (χ4v) is 5.58. The van der Waals surface area contributed by atoms with Gasteiger partial charge in [-0.25, -0.2) is 8.42 Å². The van der Waals surface area contributed by atoms with E-state index in [0.717, 1.165) is 31.2 Å². The second-order valence-electron chi connectivity index (χ2n) is 7.55.